The second-order valence-electron chi connectivity index (χ2n) is 6.37. The Hall–Kier alpha value is -2.72. The van der Waals surface area contributed by atoms with Crippen LogP contribution < -0.4 is 4.74 Å². The molecule has 1 aromatic carbocycles. The molecule has 0 aliphatic rings. The van der Waals surface area contributed by atoms with Crippen LogP contribution in [0.3, 0.4) is 0 Å². The zero-order valence-electron chi connectivity index (χ0n) is 15.8. The summed E-state index contributed by atoms with van der Waals surface area (Å²) in [5, 5.41) is 1.86. The SMILES string of the molecule is COc1ccc(CN(C)C(=O)CS(=O)(=O)Cc2coc(-c3cccs3)n2)cc1F. The third kappa shape index (κ3) is 5.42. The topological polar surface area (TPSA) is 89.7 Å². The first kappa shape index (κ1) is 21.0. The number of nitrogens with zero attached hydrogens (tertiary/aromatic N) is 2. The number of hydrogen-bond acceptors (Lipinski definition) is 7. The molecule has 0 saturated heterocycles. The van der Waals surface area contributed by atoms with Crippen LogP contribution in [0.25, 0.3) is 10.8 Å². The molecular formula is C19H19FN2O5S2. The van der Waals surface area contributed by atoms with Crippen molar-refractivity contribution in [2.24, 2.45) is 0 Å². The van der Waals surface area contributed by atoms with Crippen molar-refractivity contribution in [3.8, 4) is 16.5 Å². The van der Waals surface area contributed by atoms with E-state index in [1.807, 2.05) is 17.5 Å². The predicted octanol–water partition coefficient (Wildman–Crippen LogP) is 3.12. The molecule has 0 aliphatic heterocycles. The van der Waals surface area contributed by atoms with Crippen LogP contribution in [-0.4, -0.2) is 44.1 Å². The van der Waals surface area contributed by atoms with Crippen LogP contribution >= 0.6 is 11.3 Å². The van der Waals surface area contributed by atoms with E-state index >= 15 is 0 Å². The summed E-state index contributed by atoms with van der Waals surface area (Å²) in [5.41, 5.74) is 0.759. The molecule has 154 valence electrons. The van der Waals surface area contributed by atoms with Gasteiger partial charge in [-0.15, -0.1) is 11.3 Å². The van der Waals surface area contributed by atoms with Crippen molar-refractivity contribution < 1.29 is 26.8 Å². The molecule has 3 rings (SSSR count). The van der Waals surface area contributed by atoms with E-state index in [2.05, 4.69) is 4.98 Å². The Morgan fingerprint density at radius 3 is 2.79 bits per heavy atom. The molecule has 0 N–H and O–H groups in total. The van der Waals surface area contributed by atoms with Crippen molar-refractivity contribution >= 4 is 27.1 Å². The lowest BCUT2D eigenvalue weighted by molar-refractivity contribution is -0.127. The number of methoxy groups -OCH3 is 1. The Kier molecular flexibility index (Phi) is 6.33. The van der Waals surface area contributed by atoms with Crippen molar-refractivity contribution in [1.82, 2.24) is 9.88 Å². The van der Waals surface area contributed by atoms with Gasteiger partial charge in [0.2, 0.25) is 11.8 Å². The second-order valence-corrected chi connectivity index (χ2v) is 9.38. The van der Waals surface area contributed by atoms with Crippen molar-refractivity contribution in [1.29, 1.82) is 0 Å². The molecule has 2 heterocycles. The minimum Gasteiger partial charge on any atom is -0.494 e. The van der Waals surface area contributed by atoms with Gasteiger partial charge in [0.15, 0.2) is 21.4 Å². The Balaban J connectivity index is 1.60. The van der Waals surface area contributed by atoms with Crippen molar-refractivity contribution in [2.45, 2.75) is 12.3 Å². The van der Waals surface area contributed by atoms with Crippen LogP contribution in [0.1, 0.15) is 11.3 Å². The Morgan fingerprint density at radius 2 is 2.14 bits per heavy atom. The third-order valence-corrected chi connectivity index (χ3v) is 6.34. The summed E-state index contributed by atoms with van der Waals surface area (Å²) in [6.07, 6.45) is 1.28. The first-order valence-corrected chi connectivity index (χ1v) is 11.2. The Labute approximate surface area is 171 Å². The summed E-state index contributed by atoms with van der Waals surface area (Å²) < 4.78 is 48.7. The number of amides is 1. The number of sulfone groups is 1. The highest BCUT2D eigenvalue weighted by molar-refractivity contribution is 7.91. The molecule has 0 saturated carbocycles. The van der Waals surface area contributed by atoms with E-state index in [0.29, 0.717) is 11.5 Å². The van der Waals surface area contributed by atoms with Crippen LogP contribution in [0.4, 0.5) is 4.39 Å². The molecule has 0 fully saturated rings. The van der Waals surface area contributed by atoms with Crippen molar-refractivity contribution in [2.75, 3.05) is 19.9 Å². The van der Waals surface area contributed by atoms with E-state index in [1.54, 1.807) is 6.07 Å². The van der Waals surface area contributed by atoms with Gasteiger partial charge in [-0.1, -0.05) is 12.1 Å². The zero-order chi connectivity index (χ0) is 21.0. The first-order chi connectivity index (χ1) is 13.8. The van der Waals surface area contributed by atoms with E-state index < -0.39 is 33.1 Å². The van der Waals surface area contributed by atoms with Gasteiger partial charge < -0.3 is 14.1 Å². The summed E-state index contributed by atoms with van der Waals surface area (Å²) in [6.45, 7) is 0.0712. The molecule has 0 radical (unpaired) electrons. The zero-order valence-corrected chi connectivity index (χ0v) is 17.4. The van der Waals surface area contributed by atoms with Crippen molar-refractivity contribution in [3.05, 3.63) is 59.0 Å². The van der Waals surface area contributed by atoms with E-state index in [4.69, 9.17) is 9.15 Å². The van der Waals surface area contributed by atoms with Gasteiger partial charge in [-0.05, 0) is 29.1 Å². The van der Waals surface area contributed by atoms with E-state index in [-0.39, 0.29) is 18.0 Å². The maximum absolute atomic E-state index is 13.8. The van der Waals surface area contributed by atoms with Crippen LogP contribution in [0.5, 0.6) is 5.75 Å². The average molecular weight is 439 g/mol. The molecule has 29 heavy (non-hydrogen) atoms. The number of aromatic nitrogens is 1. The minimum atomic E-state index is -3.75. The second kappa shape index (κ2) is 8.75. The van der Waals surface area contributed by atoms with Crippen LogP contribution in [0.15, 0.2) is 46.4 Å². The van der Waals surface area contributed by atoms with Crippen LogP contribution in [0.2, 0.25) is 0 Å². The number of carbonyl (C=O) groups is 1. The van der Waals surface area contributed by atoms with E-state index in [9.17, 15) is 17.6 Å². The summed E-state index contributed by atoms with van der Waals surface area (Å²) in [5.74, 6) is -1.79. The molecular weight excluding hydrogens is 419 g/mol. The highest BCUT2D eigenvalue weighted by atomic mass is 32.2. The molecule has 10 heteroatoms. The van der Waals surface area contributed by atoms with E-state index in [1.165, 1.54) is 48.8 Å². The molecule has 0 spiro atoms. The van der Waals surface area contributed by atoms with Gasteiger partial charge in [0.1, 0.15) is 12.0 Å². The lowest BCUT2D eigenvalue weighted by Crippen LogP contribution is -2.32. The molecule has 0 aliphatic carbocycles. The number of benzene rings is 1. The standard InChI is InChI=1S/C19H19FN2O5S2/c1-22(9-13-5-6-16(26-2)15(20)8-13)18(23)12-29(24,25)11-14-10-27-19(21-14)17-4-3-7-28-17/h3-8,10H,9,11-12H2,1-2H3. The number of oxazole rings is 1. The molecule has 7 nitrogen and oxygen atoms in total. The van der Waals surface area contributed by atoms with Gasteiger partial charge in [0.05, 0.1) is 23.4 Å². The summed E-state index contributed by atoms with van der Waals surface area (Å²) in [4.78, 5) is 18.5. The number of carbonyl (C=O) groups excluding carboxylic acids is 1. The Morgan fingerprint density at radius 1 is 1.34 bits per heavy atom. The lowest BCUT2D eigenvalue weighted by Gasteiger charge is -2.17. The number of halogens is 1. The number of rotatable bonds is 8. The lowest BCUT2D eigenvalue weighted by atomic mass is 10.2. The highest BCUT2D eigenvalue weighted by Gasteiger charge is 2.22. The van der Waals surface area contributed by atoms with E-state index in [0.717, 1.165) is 4.88 Å². The molecule has 1 amide bonds. The fourth-order valence-electron chi connectivity index (χ4n) is 2.63. The highest BCUT2D eigenvalue weighted by Crippen LogP contribution is 2.24. The fourth-order valence-corrected chi connectivity index (χ4v) is 4.57. The summed E-state index contributed by atoms with van der Waals surface area (Å²) in [7, 11) is -0.929. The van der Waals surface area contributed by atoms with Gasteiger partial charge in [-0.3, -0.25) is 4.79 Å². The summed E-state index contributed by atoms with van der Waals surface area (Å²) >= 11 is 1.42. The molecule has 2 aromatic heterocycles. The van der Waals surface area contributed by atoms with Crippen molar-refractivity contribution in [3.63, 3.8) is 0 Å². The molecule has 0 bridgehead atoms. The maximum Gasteiger partial charge on any atom is 0.237 e. The molecule has 3 aromatic rings. The predicted molar refractivity (Wildman–Crippen MR) is 107 cm³/mol. The van der Waals surface area contributed by atoms with Gasteiger partial charge in [0, 0.05) is 13.6 Å². The normalized spacial score (nSPS) is 11.4. The quantitative estimate of drug-likeness (QED) is 0.537. The number of thiophene rings is 1. The average Bonchev–Trinajstić information content (AvgIpc) is 3.32. The maximum atomic E-state index is 13.8. The number of ether oxygens (including phenoxy) is 1. The monoisotopic (exact) mass is 438 g/mol. The fraction of sp³-hybridized carbons (Fsp3) is 0.263. The first-order valence-electron chi connectivity index (χ1n) is 8.52. The van der Waals surface area contributed by atoms with Gasteiger partial charge in [-0.25, -0.2) is 17.8 Å². The number of hydrogen-bond donors (Lipinski definition) is 0. The summed E-state index contributed by atoms with van der Waals surface area (Å²) in [6, 6.07) is 7.97. The van der Waals surface area contributed by atoms with Gasteiger partial charge >= 0.3 is 0 Å². The molecule has 0 unspecified atom stereocenters. The van der Waals surface area contributed by atoms with Gasteiger partial charge in [0.25, 0.3) is 0 Å². The van der Waals surface area contributed by atoms with Gasteiger partial charge in [-0.2, -0.15) is 0 Å². The minimum absolute atomic E-state index is 0.0712. The smallest absolute Gasteiger partial charge is 0.237 e. The van der Waals surface area contributed by atoms with Crippen LogP contribution in [0, 0.1) is 5.82 Å². The Bertz CT molecular complexity index is 1090. The molecule has 0 atom stereocenters. The third-order valence-electron chi connectivity index (χ3n) is 4.06. The largest absolute Gasteiger partial charge is 0.494 e. The van der Waals surface area contributed by atoms with Crippen LogP contribution in [-0.2, 0) is 26.9 Å².